The van der Waals surface area contributed by atoms with Crippen molar-refractivity contribution in [1.82, 2.24) is 10.3 Å². The highest BCUT2D eigenvalue weighted by Crippen LogP contribution is 2.14. The number of hydrogen-bond acceptors (Lipinski definition) is 4. The Morgan fingerprint density at radius 1 is 1.65 bits per heavy atom. The van der Waals surface area contributed by atoms with E-state index in [2.05, 4.69) is 33.4 Å². The molecule has 0 bridgehead atoms. The maximum absolute atomic E-state index is 12.6. The van der Waals surface area contributed by atoms with Crippen LogP contribution in [0.25, 0.3) is 0 Å². The molecule has 0 saturated carbocycles. The number of nitrogens with zero attached hydrogens (tertiary/aromatic N) is 2. The van der Waals surface area contributed by atoms with Crippen molar-refractivity contribution in [1.29, 1.82) is 0 Å². The number of unbranched alkanes of at least 4 members (excludes halogenated alkanes) is 1. The molecule has 0 radical (unpaired) electrons. The topological polar surface area (TPSA) is 53.6 Å². The highest BCUT2D eigenvalue weighted by atomic mass is 79.9. The highest BCUT2D eigenvalue weighted by Gasteiger charge is 2.26. The van der Waals surface area contributed by atoms with Crippen molar-refractivity contribution < 1.29 is 4.39 Å². The number of hydrogen-bond donors (Lipinski definition) is 2. The first-order chi connectivity index (χ1) is 8.13. The first-order valence-corrected chi connectivity index (χ1v) is 6.42. The molecule has 96 valence electrons. The minimum Gasteiger partial charge on any atom is -0.385 e. The van der Waals surface area contributed by atoms with Crippen LogP contribution in [0.2, 0.25) is 0 Å². The van der Waals surface area contributed by atoms with Crippen LogP contribution in [0.1, 0.15) is 19.8 Å². The van der Waals surface area contributed by atoms with E-state index in [4.69, 9.17) is 5.73 Å². The van der Waals surface area contributed by atoms with Gasteiger partial charge in [0.1, 0.15) is 16.6 Å². The van der Waals surface area contributed by atoms with Crippen LogP contribution in [0, 0.1) is 0 Å². The van der Waals surface area contributed by atoms with Gasteiger partial charge in [-0.15, -0.1) is 0 Å². The molecule has 0 aliphatic carbocycles. The molecule has 1 aliphatic heterocycles. The van der Waals surface area contributed by atoms with Crippen molar-refractivity contribution in [2.45, 2.75) is 25.9 Å². The van der Waals surface area contributed by atoms with Crippen LogP contribution < -0.4 is 11.2 Å². The van der Waals surface area contributed by atoms with Gasteiger partial charge in [-0.3, -0.25) is 5.43 Å². The fraction of sp³-hybridized carbons (Fsp3) is 0.545. The number of nitrogens with one attached hydrogen (secondary N) is 1. The molecule has 0 spiro atoms. The van der Waals surface area contributed by atoms with Gasteiger partial charge in [0.05, 0.1) is 13.1 Å². The fourth-order valence-electron chi connectivity index (χ4n) is 1.28. The lowest BCUT2D eigenvalue weighted by Crippen LogP contribution is -2.49. The monoisotopic (exact) mass is 304 g/mol. The summed E-state index contributed by atoms with van der Waals surface area (Å²) in [5, 5.41) is 4.02. The van der Waals surface area contributed by atoms with E-state index in [0.717, 1.165) is 12.8 Å². The molecule has 17 heavy (non-hydrogen) atoms. The molecular weight excluding hydrogens is 287 g/mol. The van der Waals surface area contributed by atoms with Crippen LogP contribution >= 0.6 is 15.9 Å². The Kier molecular flexibility index (Phi) is 6.04. The summed E-state index contributed by atoms with van der Waals surface area (Å²) in [6, 6.07) is 0. The number of likely N-dealkylation sites (tertiary alicyclic amines) is 1. The third-order valence-electron chi connectivity index (χ3n) is 2.29. The predicted molar refractivity (Wildman–Crippen MR) is 72.3 cm³/mol. The minimum atomic E-state index is -0.757. The van der Waals surface area contributed by atoms with Gasteiger partial charge < -0.3 is 10.6 Å². The summed E-state index contributed by atoms with van der Waals surface area (Å²) in [4.78, 5) is 1.76. The van der Waals surface area contributed by atoms with Gasteiger partial charge in [-0.25, -0.2) is 4.39 Å². The zero-order valence-corrected chi connectivity index (χ0v) is 11.5. The van der Waals surface area contributed by atoms with E-state index < -0.39 is 6.17 Å². The normalized spacial score (nSPS) is 18.6. The second-order valence-electron chi connectivity index (χ2n) is 3.83. The second-order valence-corrected chi connectivity index (χ2v) is 4.64. The van der Waals surface area contributed by atoms with E-state index in [1.165, 1.54) is 0 Å². The molecule has 3 N–H and O–H groups in total. The SMILES string of the molecule is CCC/C=C\N/N=C(Br)\C=C(\N)N1CC(F)C1. The lowest BCUT2D eigenvalue weighted by molar-refractivity contribution is 0.0970. The molecule has 4 nitrogen and oxygen atoms in total. The summed E-state index contributed by atoms with van der Waals surface area (Å²) in [5.74, 6) is 0.522. The van der Waals surface area contributed by atoms with Crippen molar-refractivity contribution in [3.63, 3.8) is 0 Å². The molecule has 1 aliphatic rings. The molecule has 0 amide bonds. The second kappa shape index (κ2) is 7.32. The van der Waals surface area contributed by atoms with Gasteiger partial charge in [0.25, 0.3) is 0 Å². The maximum atomic E-state index is 12.6. The molecule has 0 atom stereocenters. The van der Waals surface area contributed by atoms with E-state index in [1.807, 2.05) is 6.08 Å². The molecule has 0 aromatic heterocycles. The maximum Gasteiger partial charge on any atom is 0.135 e. The Morgan fingerprint density at radius 2 is 2.35 bits per heavy atom. The van der Waals surface area contributed by atoms with Crippen LogP contribution in [0.3, 0.4) is 0 Å². The molecule has 1 fully saturated rings. The Balaban J connectivity index is 2.33. The van der Waals surface area contributed by atoms with E-state index >= 15 is 0 Å². The summed E-state index contributed by atoms with van der Waals surface area (Å²) in [7, 11) is 0. The van der Waals surface area contributed by atoms with Crippen LogP contribution in [-0.4, -0.2) is 28.8 Å². The summed E-state index contributed by atoms with van der Waals surface area (Å²) < 4.78 is 13.2. The van der Waals surface area contributed by atoms with Gasteiger partial charge in [-0.1, -0.05) is 19.4 Å². The number of hydrazone groups is 1. The molecule has 1 rings (SSSR count). The number of halogens is 2. The average molecular weight is 305 g/mol. The summed E-state index contributed by atoms with van der Waals surface area (Å²) >= 11 is 3.26. The molecule has 6 heteroatoms. The van der Waals surface area contributed by atoms with Gasteiger partial charge in [-0.2, -0.15) is 5.10 Å². The van der Waals surface area contributed by atoms with Gasteiger partial charge >= 0.3 is 0 Å². The Bertz CT molecular complexity index is 321. The predicted octanol–water partition coefficient (Wildman–Crippen LogP) is 2.05. The van der Waals surface area contributed by atoms with Crippen LogP contribution in [0.15, 0.2) is 29.3 Å². The first-order valence-electron chi connectivity index (χ1n) is 5.63. The lowest BCUT2D eigenvalue weighted by Gasteiger charge is -2.36. The number of allylic oxidation sites excluding steroid dienone is 2. The summed E-state index contributed by atoms with van der Waals surface area (Å²) in [6.45, 7) is 2.84. The number of rotatable bonds is 6. The van der Waals surface area contributed by atoms with Crippen molar-refractivity contribution in [3.8, 4) is 0 Å². The summed E-state index contributed by atoms with van der Waals surface area (Å²) in [5.41, 5.74) is 8.53. The van der Waals surface area contributed by atoms with Gasteiger partial charge in [-0.05, 0) is 22.4 Å². The molecule has 1 saturated heterocycles. The minimum absolute atomic E-state index is 0.368. The largest absolute Gasteiger partial charge is 0.385 e. The van der Waals surface area contributed by atoms with Gasteiger partial charge in [0.2, 0.25) is 0 Å². The Morgan fingerprint density at radius 3 is 2.94 bits per heavy atom. The molecule has 0 aromatic rings. The smallest absolute Gasteiger partial charge is 0.135 e. The van der Waals surface area contributed by atoms with Crippen molar-refractivity contribution in [3.05, 3.63) is 24.2 Å². The summed E-state index contributed by atoms with van der Waals surface area (Å²) in [6.07, 6.45) is 6.80. The standard InChI is InChI=1S/C11H18BrFN4/c1-2-3-4-5-15-16-10(12)6-11(14)17-7-9(13)8-17/h4-6,9,15H,2-3,7-8,14H2,1H3/b5-4-,11-6-,16-10+. The highest BCUT2D eigenvalue weighted by molar-refractivity contribution is 9.18. The van der Waals surface area contributed by atoms with Crippen LogP contribution in [0.5, 0.6) is 0 Å². The average Bonchev–Trinajstić information content (AvgIpc) is 2.24. The molecule has 1 heterocycles. The van der Waals surface area contributed by atoms with Crippen molar-refractivity contribution >= 4 is 20.6 Å². The lowest BCUT2D eigenvalue weighted by atomic mass is 10.2. The molecule has 0 aromatic carbocycles. The zero-order valence-electron chi connectivity index (χ0n) is 9.87. The first kappa shape index (κ1) is 14.0. The fourth-order valence-corrected chi connectivity index (χ4v) is 1.62. The van der Waals surface area contributed by atoms with E-state index in [1.54, 1.807) is 17.2 Å². The quantitative estimate of drug-likeness (QED) is 0.583. The molecule has 0 unspecified atom stereocenters. The third kappa shape index (κ3) is 5.21. The van der Waals surface area contributed by atoms with Crippen LogP contribution in [-0.2, 0) is 0 Å². The van der Waals surface area contributed by atoms with E-state index in [-0.39, 0.29) is 0 Å². The van der Waals surface area contributed by atoms with Crippen molar-refractivity contribution in [2.75, 3.05) is 13.1 Å². The zero-order chi connectivity index (χ0) is 12.7. The number of alkyl halides is 1. The third-order valence-corrected chi connectivity index (χ3v) is 2.69. The van der Waals surface area contributed by atoms with Crippen LogP contribution in [0.4, 0.5) is 4.39 Å². The van der Waals surface area contributed by atoms with Gasteiger partial charge in [0, 0.05) is 12.3 Å². The van der Waals surface area contributed by atoms with E-state index in [9.17, 15) is 4.39 Å². The van der Waals surface area contributed by atoms with Crippen molar-refractivity contribution in [2.24, 2.45) is 10.8 Å². The Hall–Kier alpha value is -1.04. The Labute approximate surface area is 110 Å². The molecular formula is C11H18BrFN4. The van der Waals surface area contributed by atoms with Gasteiger partial charge in [0.15, 0.2) is 0 Å². The van der Waals surface area contributed by atoms with E-state index in [0.29, 0.717) is 23.5 Å². The number of nitrogens with two attached hydrogens (primary N) is 1.